The van der Waals surface area contributed by atoms with Crippen molar-refractivity contribution in [1.82, 2.24) is 0 Å². The van der Waals surface area contributed by atoms with E-state index in [1.807, 2.05) is 0 Å². The molecule has 2 unspecified atom stereocenters. The molecule has 1 fully saturated rings. The highest BCUT2D eigenvalue weighted by Gasteiger charge is 2.24. The summed E-state index contributed by atoms with van der Waals surface area (Å²) < 4.78 is 0. The molecule has 0 amide bonds. The van der Waals surface area contributed by atoms with Crippen LogP contribution in [0.25, 0.3) is 0 Å². The Morgan fingerprint density at radius 1 is 1.26 bits per heavy atom. The van der Waals surface area contributed by atoms with Gasteiger partial charge >= 0.3 is 0 Å². The van der Waals surface area contributed by atoms with Gasteiger partial charge in [-0.15, -0.1) is 0 Å². The summed E-state index contributed by atoms with van der Waals surface area (Å²) >= 11 is 0. The number of nitrogens with zero attached hydrogens (tertiary/aromatic N) is 1. The summed E-state index contributed by atoms with van der Waals surface area (Å²) in [5, 5.41) is 0. The van der Waals surface area contributed by atoms with Gasteiger partial charge in [-0.05, 0) is 50.5 Å². The second kappa shape index (κ2) is 6.18. The van der Waals surface area contributed by atoms with Crippen molar-refractivity contribution in [3.05, 3.63) is 48.0 Å². The van der Waals surface area contributed by atoms with Gasteiger partial charge in [0.05, 0.1) is 6.04 Å². The van der Waals surface area contributed by atoms with Crippen LogP contribution >= 0.6 is 0 Å². The number of hydrogen-bond acceptors (Lipinski definition) is 1. The molecular formula is C18H25N. The summed E-state index contributed by atoms with van der Waals surface area (Å²) in [5.74, 6) is 1.26. The van der Waals surface area contributed by atoms with Crippen LogP contribution in [0.2, 0.25) is 0 Å². The molecule has 19 heavy (non-hydrogen) atoms. The van der Waals surface area contributed by atoms with Gasteiger partial charge in [-0.1, -0.05) is 49.4 Å². The Kier molecular flexibility index (Phi) is 4.57. The fourth-order valence-electron chi connectivity index (χ4n) is 2.83. The molecule has 3 atom stereocenters. The standard InChI is InChI=1S/C18H25N/c1-13(2)17-11-10-14(3)18(12-17)19-15(4)16-8-6-5-7-9-16/h5-9,14-15,17H,1,10-12H2,2-4H3/t14?,15?,17-/m1/s1. The molecule has 1 aliphatic carbocycles. The molecule has 0 aliphatic heterocycles. The highest BCUT2D eigenvalue weighted by molar-refractivity contribution is 5.88. The molecule has 0 N–H and O–H groups in total. The Labute approximate surface area is 117 Å². The van der Waals surface area contributed by atoms with E-state index in [-0.39, 0.29) is 6.04 Å². The van der Waals surface area contributed by atoms with Crippen molar-refractivity contribution in [2.75, 3.05) is 0 Å². The summed E-state index contributed by atoms with van der Waals surface area (Å²) in [6.07, 6.45) is 3.63. The minimum Gasteiger partial charge on any atom is -0.286 e. The van der Waals surface area contributed by atoms with Gasteiger partial charge in [-0.2, -0.15) is 0 Å². The maximum absolute atomic E-state index is 5.00. The predicted molar refractivity (Wildman–Crippen MR) is 83.6 cm³/mol. The van der Waals surface area contributed by atoms with Gasteiger partial charge in [0.2, 0.25) is 0 Å². The van der Waals surface area contributed by atoms with E-state index in [0.717, 1.165) is 6.42 Å². The lowest BCUT2D eigenvalue weighted by atomic mass is 9.78. The second-order valence-corrected chi connectivity index (χ2v) is 5.93. The van der Waals surface area contributed by atoms with Crippen LogP contribution < -0.4 is 0 Å². The van der Waals surface area contributed by atoms with E-state index in [4.69, 9.17) is 4.99 Å². The molecule has 0 spiro atoms. The van der Waals surface area contributed by atoms with E-state index in [2.05, 4.69) is 57.7 Å². The van der Waals surface area contributed by atoms with Crippen LogP contribution in [0.15, 0.2) is 47.5 Å². The van der Waals surface area contributed by atoms with Gasteiger partial charge in [0.25, 0.3) is 0 Å². The van der Waals surface area contributed by atoms with E-state index in [9.17, 15) is 0 Å². The quantitative estimate of drug-likeness (QED) is 0.658. The topological polar surface area (TPSA) is 12.4 Å². The average molecular weight is 255 g/mol. The molecule has 2 rings (SSSR count). The van der Waals surface area contributed by atoms with Gasteiger partial charge in [-0.25, -0.2) is 0 Å². The summed E-state index contributed by atoms with van der Waals surface area (Å²) in [5.41, 5.74) is 4.00. The van der Waals surface area contributed by atoms with Crippen LogP contribution in [0.3, 0.4) is 0 Å². The molecule has 1 saturated carbocycles. The molecule has 0 saturated heterocycles. The molecule has 102 valence electrons. The van der Waals surface area contributed by atoms with Gasteiger partial charge in [-0.3, -0.25) is 4.99 Å². The van der Waals surface area contributed by atoms with Crippen molar-refractivity contribution < 1.29 is 0 Å². The minimum atomic E-state index is 0.266. The lowest BCUT2D eigenvalue weighted by Crippen LogP contribution is -2.24. The van der Waals surface area contributed by atoms with Crippen molar-refractivity contribution in [3.63, 3.8) is 0 Å². The third-order valence-electron chi connectivity index (χ3n) is 4.31. The van der Waals surface area contributed by atoms with Gasteiger partial charge in [0, 0.05) is 5.71 Å². The van der Waals surface area contributed by atoms with E-state index >= 15 is 0 Å². The SMILES string of the molecule is C=C(C)[C@@H]1CCC(C)C(=NC(C)c2ccccc2)C1. The van der Waals surface area contributed by atoms with Crippen molar-refractivity contribution in [2.45, 2.75) is 46.1 Å². The van der Waals surface area contributed by atoms with Gasteiger partial charge < -0.3 is 0 Å². The maximum atomic E-state index is 5.00. The normalized spacial score (nSPS) is 27.2. The molecule has 1 aliphatic rings. The van der Waals surface area contributed by atoms with Crippen molar-refractivity contribution in [2.24, 2.45) is 16.8 Å². The second-order valence-electron chi connectivity index (χ2n) is 5.93. The lowest BCUT2D eigenvalue weighted by Gasteiger charge is -2.29. The van der Waals surface area contributed by atoms with E-state index in [1.165, 1.54) is 29.7 Å². The third kappa shape index (κ3) is 3.56. The first-order chi connectivity index (χ1) is 9.08. The van der Waals surface area contributed by atoms with Crippen LogP contribution in [0.4, 0.5) is 0 Å². The number of hydrogen-bond donors (Lipinski definition) is 0. The molecule has 0 heterocycles. The highest BCUT2D eigenvalue weighted by Crippen LogP contribution is 2.32. The van der Waals surface area contributed by atoms with Crippen molar-refractivity contribution >= 4 is 5.71 Å². The Hall–Kier alpha value is -1.37. The summed E-state index contributed by atoms with van der Waals surface area (Å²) in [6, 6.07) is 10.8. The number of benzene rings is 1. The van der Waals surface area contributed by atoms with Crippen LogP contribution in [-0.4, -0.2) is 5.71 Å². The van der Waals surface area contributed by atoms with Crippen LogP contribution in [0, 0.1) is 11.8 Å². The van der Waals surface area contributed by atoms with E-state index < -0.39 is 0 Å². The smallest absolute Gasteiger partial charge is 0.0720 e. The monoisotopic (exact) mass is 255 g/mol. The van der Waals surface area contributed by atoms with Gasteiger partial charge in [0.1, 0.15) is 0 Å². The molecular weight excluding hydrogens is 230 g/mol. The zero-order valence-electron chi connectivity index (χ0n) is 12.4. The predicted octanol–water partition coefficient (Wildman–Crippen LogP) is 5.20. The molecule has 1 heteroatoms. The maximum Gasteiger partial charge on any atom is 0.0720 e. The first-order valence-electron chi connectivity index (χ1n) is 7.35. The number of rotatable bonds is 3. The average Bonchev–Trinajstić information content (AvgIpc) is 2.42. The van der Waals surface area contributed by atoms with Gasteiger partial charge in [0.15, 0.2) is 0 Å². The fraction of sp³-hybridized carbons (Fsp3) is 0.500. The molecule has 0 aromatic heterocycles. The first-order valence-corrected chi connectivity index (χ1v) is 7.35. The molecule has 0 radical (unpaired) electrons. The summed E-state index contributed by atoms with van der Waals surface area (Å²) in [7, 11) is 0. The fourth-order valence-corrected chi connectivity index (χ4v) is 2.83. The van der Waals surface area contributed by atoms with Crippen LogP contribution in [-0.2, 0) is 0 Å². The Balaban J connectivity index is 2.14. The number of aliphatic imine (C=N–C) groups is 1. The van der Waals surface area contributed by atoms with Crippen LogP contribution in [0.1, 0.15) is 51.6 Å². The summed E-state index contributed by atoms with van der Waals surface area (Å²) in [6.45, 7) is 10.8. The minimum absolute atomic E-state index is 0.266. The molecule has 0 bridgehead atoms. The molecule has 1 aromatic carbocycles. The van der Waals surface area contributed by atoms with Crippen molar-refractivity contribution in [1.29, 1.82) is 0 Å². The summed E-state index contributed by atoms with van der Waals surface area (Å²) in [4.78, 5) is 5.00. The van der Waals surface area contributed by atoms with Crippen LogP contribution in [0.5, 0.6) is 0 Å². The number of allylic oxidation sites excluding steroid dienone is 1. The van der Waals surface area contributed by atoms with E-state index in [0.29, 0.717) is 11.8 Å². The lowest BCUT2D eigenvalue weighted by molar-refractivity contribution is 0.461. The first kappa shape index (κ1) is 14.0. The van der Waals surface area contributed by atoms with E-state index in [1.54, 1.807) is 0 Å². The Morgan fingerprint density at radius 3 is 2.58 bits per heavy atom. The van der Waals surface area contributed by atoms with Crippen molar-refractivity contribution in [3.8, 4) is 0 Å². The Bertz CT molecular complexity index is 458. The zero-order valence-corrected chi connectivity index (χ0v) is 12.4. The Morgan fingerprint density at radius 2 is 1.95 bits per heavy atom. The third-order valence-corrected chi connectivity index (χ3v) is 4.31. The molecule has 1 aromatic rings. The largest absolute Gasteiger partial charge is 0.286 e. The molecule has 1 nitrogen and oxygen atoms in total. The highest BCUT2D eigenvalue weighted by atomic mass is 14.8. The zero-order chi connectivity index (χ0) is 13.8.